The zero-order valence-electron chi connectivity index (χ0n) is 10.4. The van der Waals surface area contributed by atoms with Crippen molar-refractivity contribution in [1.29, 1.82) is 0 Å². The second-order valence-corrected chi connectivity index (χ2v) is 4.90. The van der Waals surface area contributed by atoms with Crippen LogP contribution in [-0.4, -0.2) is 28.4 Å². The fourth-order valence-corrected chi connectivity index (χ4v) is 2.46. The molecular formula is C13H19N3O. The summed E-state index contributed by atoms with van der Waals surface area (Å²) in [7, 11) is 0. The molecule has 2 rings (SSSR count). The van der Waals surface area contributed by atoms with E-state index in [4.69, 9.17) is 5.73 Å². The van der Waals surface area contributed by atoms with Gasteiger partial charge >= 0.3 is 0 Å². The van der Waals surface area contributed by atoms with E-state index in [0.29, 0.717) is 23.5 Å². The van der Waals surface area contributed by atoms with Gasteiger partial charge in [-0.2, -0.15) is 0 Å². The number of carbonyl (C=O) groups is 1. The number of likely N-dealkylation sites (tertiary alicyclic amines) is 1. The van der Waals surface area contributed by atoms with Crippen LogP contribution in [0.25, 0.3) is 0 Å². The van der Waals surface area contributed by atoms with E-state index in [2.05, 4.69) is 18.8 Å². The van der Waals surface area contributed by atoms with Crippen LogP contribution in [0.5, 0.6) is 0 Å². The first-order chi connectivity index (χ1) is 8.09. The highest BCUT2D eigenvalue weighted by atomic mass is 16.2. The number of nitrogens with zero attached hydrogens (tertiary/aromatic N) is 2. The predicted octanol–water partition coefficient (Wildman–Crippen LogP) is 1.92. The van der Waals surface area contributed by atoms with Crippen LogP contribution in [0.1, 0.15) is 37.2 Å². The lowest BCUT2D eigenvalue weighted by molar-refractivity contribution is 0.0695. The second-order valence-electron chi connectivity index (χ2n) is 4.90. The van der Waals surface area contributed by atoms with Crippen molar-refractivity contribution < 1.29 is 4.79 Å². The Kier molecular flexibility index (Phi) is 3.31. The van der Waals surface area contributed by atoms with Gasteiger partial charge in [-0.25, -0.2) is 4.98 Å². The van der Waals surface area contributed by atoms with Crippen molar-refractivity contribution in [2.45, 2.75) is 32.7 Å². The highest BCUT2D eigenvalue weighted by molar-refractivity contribution is 5.93. The summed E-state index contributed by atoms with van der Waals surface area (Å²) in [4.78, 5) is 18.4. The van der Waals surface area contributed by atoms with Crippen molar-refractivity contribution in [2.75, 3.05) is 12.3 Å². The number of hydrogen-bond acceptors (Lipinski definition) is 3. The van der Waals surface area contributed by atoms with Crippen molar-refractivity contribution in [3.05, 3.63) is 23.9 Å². The number of nitrogens with two attached hydrogens (primary N) is 1. The summed E-state index contributed by atoms with van der Waals surface area (Å²) >= 11 is 0. The molecule has 0 aromatic carbocycles. The van der Waals surface area contributed by atoms with Crippen LogP contribution in [0, 0.1) is 5.92 Å². The Bertz CT molecular complexity index is 417. The van der Waals surface area contributed by atoms with Gasteiger partial charge in [0.25, 0.3) is 5.91 Å². The molecule has 1 fully saturated rings. The molecule has 0 radical (unpaired) electrons. The Morgan fingerprint density at radius 1 is 1.53 bits per heavy atom. The van der Waals surface area contributed by atoms with Crippen molar-refractivity contribution in [3.8, 4) is 0 Å². The number of anilines is 1. The topological polar surface area (TPSA) is 59.2 Å². The Balaban J connectivity index is 2.20. The third-order valence-corrected chi connectivity index (χ3v) is 3.32. The van der Waals surface area contributed by atoms with Crippen LogP contribution in [0.4, 0.5) is 5.82 Å². The number of pyridine rings is 1. The lowest BCUT2D eigenvalue weighted by Crippen LogP contribution is -2.38. The van der Waals surface area contributed by atoms with Gasteiger partial charge in [-0.05, 0) is 30.9 Å². The molecule has 2 N–H and O–H groups in total. The maximum Gasteiger partial charge on any atom is 0.272 e. The third-order valence-electron chi connectivity index (χ3n) is 3.32. The van der Waals surface area contributed by atoms with E-state index in [9.17, 15) is 4.79 Å². The standard InChI is InChI=1S/C13H19N3O/c1-9(2)11-6-4-8-16(11)13(17)10-5-3-7-12(14)15-10/h3,5,7,9,11H,4,6,8H2,1-2H3,(H2,14,15). The van der Waals surface area contributed by atoms with Gasteiger partial charge in [-0.1, -0.05) is 19.9 Å². The Morgan fingerprint density at radius 2 is 2.29 bits per heavy atom. The van der Waals surface area contributed by atoms with Crippen LogP contribution < -0.4 is 5.73 Å². The largest absolute Gasteiger partial charge is 0.384 e. The van der Waals surface area contributed by atoms with Gasteiger partial charge in [0, 0.05) is 12.6 Å². The number of nitrogen functional groups attached to an aromatic ring is 1. The maximum absolute atomic E-state index is 12.3. The molecule has 1 atom stereocenters. The molecule has 92 valence electrons. The summed E-state index contributed by atoms with van der Waals surface area (Å²) in [5.41, 5.74) is 6.06. The number of carbonyl (C=O) groups excluding carboxylic acids is 1. The minimum Gasteiger partial charge on any atom is -0.384 e. The molecule has 0 aliphatic carbocycles. The summed E-state index contributed by atoms with van der Waals surface area (Å²) in [6.45, 7) is 5.14. The van der Waals surface area contributed by atoms with Crippen LogP contribution in [0.2, 0.25) is 0 Å². The summed E-state index contributed by atoms with van der Waals surface area (Å²) in [6.07, 6.45) is 2.17. The summed E-state index contributed by atoms with van der Waals surface area (Å²) in [5, 5.41) is 0. The average molecular weight is 233 g/mol. The first-order valence-electron chi connectivity index (χ1n) is 6.13. The predicted molar refractivity (Wildman–Crippen MR) is 67.5 cm³/mol. The molecule has 0 saturated carbocycles. The molecule has 0 spiro atoms. The van der Waals surface area contributed by atoms with Crippen LogP contribution in [-0.2, 0) is 0 Å². The molecule has 1 unspecified atom stereocenters. The smallest absolute Gasteiger partial charge is 0.272 e. The van der Waals surface area contributed by atoms with Gasteiger partial charge in [-0.3, -0.25) is 4.79 Å². The SMILES string of the molecule is CC(C)C1CCCN1C(=O)c1cccc(N)n1. The zero-order chi connectivity index (χ0) is 12.4. The van der Waals surface area contributed by atoms with Crippen molar-refractivity contribution in [2.24, 2.45) is 5.92 Å². The molecule has 4 nitrogen and oxygen atoms in total. The fraction of sp³-hybridized carbons (Fsp3) is 0.538. The van der Waals surface area contributed by atoms with Gasteiger partial charge in [0.1, 0.15) is 11.5 Å². The van der Waals surface area contributed by atoms with E-state index >= 15 is 0 Å². The highest BCUT2D eigenvalue weighted by Gasteiger charge is 2.31. The van der Waals surface area contributed by atoms with Gasteiger partial charge in [0.15, 0.2) is 0 Å². The molecule has 0 bridgehead atoms. The highest BCUT2D eigenvalue weighted by Crippen LogP contribution is 2.25. The lowest BCUT2D eigenvalue weighted by atomic mass is 10.0. The first kappa shape index (κ1) is 11.9. The normalized spacial score (nSPS) is 19.9. The minimum absolute atomic E-state index is 0.00787. The molecule has 17 heavy (non-hydrogen) atoms. The van der Waals surface area contributed by atoms with E-state index in [-0.39, 0.29) is 5.91 Å². The van der Waals surface area contributed by atoms with E-state index in [1.807, 2.05) is 4.90 Å². The summed E-state index contributed by atoms with van der Waals surface area (Å²) < 4.78 is 0. The molecule has 1 aromatic rings. The summed E-state index contributed by atoms with van der Waals surface area (Å²) in [5.74, 6) is 0.896. The van der Waals surface area contributed by atoms with E-state index < -0.39 is 0 Å². The molecule has 1 aromatic heterocycles. The zero-order valence-corrected chi connectivity index (χ0v) is 10.4. The van der Waals surface area contributed by atoms with Crippen LogP contribution in [0.15, 0.2) is 18.2 Å². The first-order valence-corrected chi connectivity index (χ1v) is 6.13. The van der Waals surface area contributed by atoms with Crippen molar-refractivity contribution >= 4 is 11.7 Å². The number of amides is 1. The van der Waals surface area contributed by atoms with Crippen LogP contribution in [0.3, 0.4) is 0 Å². The molecular weight excluding hydrogens is 214 g/mol. The quantitative estimate of drug-likeness (QED) is 0.849. The molecule has 1 aliphatic heterocycles. The average Bonchev–Trinajstić information content (AvgIpc) is 2.77. The maximum atomic E-state index is 12.3. The van der Waals surface area contributed by atoms with Gasteiger partial charge < -0.3 is 10.6 Å². The number of rotatable bonds is 2. The third kappa shape index (κ3) is 2.40. The van der Waals surface area contributed by atoms with Gasteiger partial charge in [0.2, 0.25) is 0 Å². The number of aromatic nitrogens is 1. The van der Waals surface area contributed by atoms with Gasteiger partial charge in [0.05, 0.1) is 0 Å². The van der Waals surface area contributed by atoms with E-state index in [1.54, 1.807) is 18.2 Å². The fourth-order valence-electron chi connectivity index (χ4n) is 2.46. The van der Waals surface area contributed by atoms with E-state index in [1.165, 1.54) is 0 Å². The monoisotopic (exact) mass is 233 g/mol. The summed E-state index contributed by atoms with van der Waals surface area (Å²) in [6, 6.07) is 5.54. The van der Waals surface area contributed by atoms with Crippen molar-refractivity contribution in [1.82, 2.24) is 9.88 Å². The molecule has 1 aliphatic rings. The molecule has 2 heterocycles. The second kappa shape index (κ2) is 4.73. The number of hydrogen-bond donors (Lipinski definition) is 1. The van der Waals surface area contributed by atoms with E-state index in [0.717, 1.165) is 19.4 Å². The Morgan fingerprint density at radius 3 is 2.94 bits per heavy atom. The molecule has 1 amide bonds. The van der Waals surface area contributed by atoms with Crippen LogP contribution >= 0.6 is 0 Å². The lowest BCUT2D eigenvalue weighted by Gasteiger charge is -2.27. The molecule has 4 heteroatoms. The Hall–Kier alpha value is -1.58. The van der Waals surface area contributed by atoms with Gasteiger partial charge in [-0.15, -0.1) is 0 Å². The van der Waals surface area contributed by atoms with Crippen molar-refractivity contribution in [3.63, 3.8) is 0 Å². The molecule has 1 saturated heterocycles. The minimum atomic E-state index is 0.00787. The Labute approximate surface area is 102 Å².